The number of aryl methyl sites for hydroxylation is 1. The first-order valence-electron chi connectivity index (χ1n) is 8.78. The lowest BCUT2D eigenvalue weighted by atomic mass is 10.1. The van der Waals surface area contributed by atoms with E-state index in [1.807, 2.05) is 55.3 Å². The standard InChI is InChI=1S/C20H28N2O2S/c1-14(2)10-20(23)22(15(3)4)11-17-13-25-19(21-17)12-24-18-9-7-6-8-16(18)5/h6-9,13-15H,10-12H2,1-5H3. The van der Waals surface area contributed by atoms with Crippen LogP contribution < -0.4 is 4.74 Å². The zero-order valence-corrected chi connectivity index (χ0v) is 16.6. The number of amides is 1. The molecule has 0 unspecified atom stereocenters. The number of hydrogen-bond acceptors (Lipinski definition) is 4. The fraction of sp³-hybridized carbons (Fsp3) is 0.500. The number of hydrogen-bond donors (Lipinski definition) is 0. The largest absolute Gasteiger partial charge is 0.486 e. The molecule has 0 bridgehead atoms. The van der Waals surface area contributed by atoms with Gasteiger partial charge in [0.2, 0.25) is 5.91 Å². The Labute approximate surface area is 154 Å². The van der Waals surface area contributed by atoms with Gasteiger partial charge in [0.25, 0.3) is 0 Å². The van der Waals surface area contributed by atoms with E-state index < -0.39 is 0 Å². The lowest BCUT2D eigenvalue weighted by Gasteiger charge is -2.26. The predicted octanol–water partition coefficient (Wildman–Crippen LogP) is 4.81. The van der Waals surface area contributed by atoms with Crippen LogP contribution in [0.5, 0.6) is 5.75 Å². The van der Waals surface area contributed by atoms with E-state index in [-0.39, 0.29) is 11.9 Å². The first kappa shape index (κ1) is 19.4. The van der Waals surface area contributed by atoms with Crippen LogP contribution in [-0.2, 0) is 17.9 Å². The third-order valence-electron chi connectivity index (χ3n) is 3.90. The van der Waals surface area contributed by atoms with Gasteiger partial charge in [0.1, 0.15) is 17.4 Å². The molecular weight excluding hydrogens is 332 g/mol. The van der Waals surface area contributed by atoms with Gasteiger partial charge in [-0.25, -0.2) is 4.98 Å². The molecule has 0 aliphatic heterocycles. The Bertz CT molecular complexity index is 695. The molecule has 2 rings (SSSR count). The molecule has 0 aliphatic rings. The molecule has 4 nitrogen and oxygen atoms in total. The van der Waals surface area contributed by atoms with Crippen molar-refractivity contribution in [2.24, 2.45) is 5.92 Å². The minimum absolute atomic E-state index is 0.166. The fourth-order valence-electron chi connectivity index (χ4n) is 2.55. The van der Waals surface area contributed by atoms with Crippen LogP contribution in [0.2, 0.25) is 0 Å². The van der Waals surface area contributed by atoms with Gasteiger partial charge in [0, 0.05) is 17.8 Å². The second-order valence-corrected chi connectivity index (χ2v) is 7.94. The number of ether oxygens (including phenoxy) is 1. The molecule has 0 saturated carbocycles. The van der Waals surface area contributed by atoms with Crippen molar-refractivity contribution >= 4 is 17.2 Å². The summed E-state index contributed by atoms with van der Waals surface area (Å²) in [4.78, 5) is 19.0. The Morgan fingerprint density at radius 3 is 2.60 bits per heavy atom. The van der Waals surface area contributed by atoms with E-state index in [0.29, 0.717) is 25.5 Å². The number of para-hydroxylation sites is 1. The van der Waals surface area contributed by atoms with Crippen molar-refractivity contribution in [3.8, 4) is 5.75 Å². The molecule has 1 aromatic carbocycles. The predicted molar refractivity (Wildman–Crippen MR) is 103 cm³/mol. The second-order valence-electron chi connectivity index (χ2n) is 7.00. The Morgan fingerprint density at radius 2 is 1.96 bits per heavy atom. The molecule has 1 aromatic heterocycles. The number of benzene rings is 1. The third kappa shape index (κ3) is 5.85. The molecule has 0 radical (unpaired) electrons. The number of rotatable bonds is 8. The first-order chi connectivity index (χ1) is 11.9. The van der Waals surface area contributed by atoms with Crippen LogP contribution in [0.25, 0.3) is 0 Å². The van der Waals surface area contributed by atoms with E-state index >= 15 is 0 Å². The van der Waals surface area contributed by atoms with Crippen LogP contribution in [0, 0.1) is 12.8 Å². The van der Waals surface area contributed by atoms with E-state index in [1.54, 1.807) is 11.3 Å². The molecule has 1 heterocycles. The van der Waals surface area contributed by atoms with E-state index in [9.17, 15) is 4.79 Å². The Balaban J connectivity index is 1.97. The smallest absolute Gasteiger partial charge is 0.223 e. The van der Waals surface area contributed by atoms with Gasteiger partial charge in [0.05, 0.1) is 12.2 Å². The second kappa shape index (κ2) is 8.99. The van der Waals surface area contributed by atoms with Gasteiger partial charge in [-0.15, -0.1) is 11.3 Å². The van der Waals surface area contributed by atoms with Gasteiger partial charge in [-0.1, -0.05) is 32.0 Å². The quantitative estimate of drug-likeness (QED) is 0.678. The third-order valence-corrected chi connectivity index (χ3v) is 4.77. The summed E-state index contributed by atoms with van der Waals surface area (Å²) in [5.41, 5.74) is 2.05. The maximum Gasteiger partial charge on any atom is 0.223 e. The zero-order valence-electron chi connectivity index (χ0n) is 15.8. The van der Waals surface area contributed by atoms with Crippen LogP contribution in [0.15, 0.2) is 29.6 Å². The average molecular weight is 361 g/mol. The number of aromatic nitrogens is 1. The van der Waals surface area contributed by atoms with E-state index in [0.717, 1.165) is 22.0 Å². The van der Waals surface area contributed by atoms with Gasteiger partial charge in [-0.05, 0) is 38.3 Å². The molecule has 1 amide bonds. The summed E-state index contributed by atoms with van der Waals surface area (Å²) >= 11 is 1.58. The Morgan fingerprint density at radius 1 is 1.24 bits per heavy atom. The molecule has 136 valence electrons. The number of thiazole rings is 1. The van der Waals surface area contributed by atoms with Crippen LogP contribution in [0.1, 0.15) is 50.4 Å². The van der Waals surface area contributed by atoms with E-state index in [4.69, 9.17) is 4.74 Å². The highest BCUT2D eigenvalue weighted by molar-refractivity contribution is 7.09. The molecule has 5 heteroatoms. The summed E-state index contributed by atoms with van der Waals surface area (Å²) < 4.78 is 5.86. The van der Waals surface area contributed by atoms with E-state index in [1.165, 1.54) is 0 Å². The highest BCUT2D eigenvalue weighted by Gasteiger charge is 2.19. The summed E-state index contributed by atoms with van der Waals surface area (Å²) in [6.07, 6.45) is 0.575. The van der Waals surface area contributed by atoms with Crippen molar-refractivity contribution in [3.63, 3.8) is 0 Å². The van der Waals surface area contributed by atoms with Crippen LogP contribution in [-0.4, -0.2) is 21.8 Å². The molecule has 25 heavy (non-hydrogen) atoms. The fourth-order valence-corrected chi connectivity index (χ4v) is 3.24. The highest BCUT2D eigenvalue weighted by Crippen LogP contribution is 2.20. The lowest BCUT2D eigenvalue weighted by molar-refractivity contribution is -0.134. The van der Waals surface area contributed by atoms with Crippen molar-refractivity contribution in [2.75, 3.05) is 0 Å². The summed E-state index contributed by atoms with van der Waals surface area (Å²) in [6, 6.07) is 8.13. The first-order valence-corrected chi connectivity index (χ1v) is 9.66. The lowest BCUT2D eigenvalue weighted by Crippen LogP contribution is -2.37. The van der Waals surface area contributed by atoms with Crippen LogP contribution >= 0.6 is 11.3 Å². The summed E-state index contributed by atoms with van der Waals surface area (Å²) in [5, 5.41) is 2.95. The Hall–Kier alpha value is -1.88. The SMILES string of the molecule is Cc1ccccc1OCc1nc(CN(C(=O)CC(C)C)C(C)C)cs1. The summed E-state index contributed by atoms with van der Waals surface area (Å²) in [5.74, 6) is 1.44. The average Bonchev–Trinajstić information content (AvgIpc) is 2.98. The monoisotopic (exact) mass is 360 g/mol. The van der Waals surface area contributed by atoms with Crippen molar-refractivity contribution in [1.29, 1.82) is 0 Å². The van der Waals surface area contributed by atoms with Gasteiger partial charge in [0.15, 0.2) is 0 Å². The molecule has 0 spiro atoms. The van der Waals surface area contributed by atoms with Crippen LogP contribution in [0.4, 0.5) is 0 Å². The maximum absolute atomic E-state index is 12.4. The van der Waals surface area contributed by atoms with Crippen molar-refractivity contribution in [3.05, 3.63) is 45.9 Å². The topological polar surface area (TPSA) is 42.4 Å². The summed E-state index contributed by atoms with van der Waals surface area (Å²) in [7, 11) is 0. The maximum atomic E-state index is 12.4. The van der Waals surface area contributed by atoms with Gasteiger partial charge >= 0.3 is 0 Å². The molecule has 0 saturated heterocycles. The van der Waals surface area contributed by atoms with Crippen molar-refractivity contribution in [2.45, 2.75) is 60.2 Å². The minimum Gasteiger partial charge on any atom is -0.486 e. The van der Waals surface area contributed by atoms with E-state index in [2.05, 4.69) is 18.8 Å². The summed E-state index contributed by atoms with van der Waals surface area (Å²) in [6.45, 7) is 11.3. The molecule has 0 fully saturated rings. The number of nitrogens with zero attached hydrogens (tertiary/aromatic N) is 2. The Kier molecular flexibility index (Phi) is 7.00. The molecule has 0 aliphatic carbocycles. The van der Waals surface area contributed by atoms with Gasteiger partial charge in [-0.2, -0.15) is 0 Å². The van der Waals surface area contributed by atoms with Crippen molar-refractivity contribution < 1.29 is 9.53 Å². The molecule has 0 N–H and O–H groups in total. The minimum atomic E-state index is 0.166. The molecule has 2 aromatic rings. The normalized spacial score (nSPS) is 11.2. The zero-order chi connectivity index (χ0) is 18.4. The van der Waals surface area contributed by atoms with Crippen LogP contribution in [0.3, 0.4) is 0 Å². The van der Waals surface area contributed by atoms with Gasteiger partial charge in [-0.3, -0.25) is 4.79 Å². The van der Waals surface area contributed by atoms with Gasteiger partial charge < -0.3 is 9.64 Å². The van der Waals surface area contributed by atoms with Crippen molar-refractivity contribution in [1.82, 2.24) is 9.88 Å². The molecular formula is C20H28N2O2S. The molecule has 0 atom stereocenters. The number of carbonyl (C=O) groups is 1. The number of carbonyl (C=O) groups excluding carboxylic acids is 1. The highest BCUT2D eigenvalue weighted by atomic mass is 32.1.